The van der Waals surface area contributed by atoms with Gasteiger partial charge in [0.2, 0.25) is 0 Å². The monoisotopic (exact) mass is 259 g/mol. The summed E-state index contributed by atoms with van der Waals surface area (Å²) in [4.78, 5) is 0. The Morgan fingerprint density at radius 3 is 2.56 bits per heavy atom. The van der Waals surface area contributed by atoms with E-state index < -0.39 is 5.67 Å². The molecule has 0 aromatic carbocycles. The van der Waals surface area contributed by atoms with Gasteiger partial charge in [-0.2, -0.15) is 0 Å². The molecule has 0 bridgehead atoms. The standard InChI is InChI=1S/C14H26FNO2/c1-11(2)14(15,10-16)12-3-6-18-13(9-12)4-7-17-8-5-13/h11-12H,3-10,16H2,1-2H3. The molecule has 2 fully saturated rings. The molecule has 0 saturated carbocycles. The van der Waals surface area contributed by atoms with E-state index >= 15 is 4.39 Å². The predicted molar refractivity (Wildman–Crippen MR) is 69.2 cm³/mol. The highest BCUT2D eigenvalue weighted by Gasteiger charge is 2.48. The second kappa shape index (κ2) is 5.43. The largest absolute Gasteiger partial charge is 0.381 e. The van der Waals surface area contributed by atoms with Gasteiger partial charge in [0.05, 0.1) is 5.60 Å². The first-order chi connectivity index (χ1) is 8.52. The van der Waals surface area contributed by atoms with Crippen molar-refractivity contribution in [2.24, 2.45) is 17.6 Å². The van der Waals surface area contributed by atoms with Gasteiger partial charge >= 0.3 is 0 Å². The fraction of sp³-hybridized carbons (Fsp3) is 1.00. The molecule has 2 aliphatic rings. The topological polar surface area (TPSA) is 44.5 Å². The summed E-state index contributed by atoms with van der Waals surface area (Å²) >= 11 is 0. The number of hydrogen-bond donors (Lipinski definition) is 1. The van der Waals surface area contributed by atoms with Gasteiger partial charge in [0.25, 0.3) is 0 Å². The molecule has 2 N–H and O–H groups in total. The lowest BCUT2D eigenvalue weighted by atomic mass is 9.70. The highest BCUT2D eigenvalue weighted by atomic mass is 19.1. The number of nitrogens with two attached hydrogens (primary N) is 1. The van der Waals surface area contributed by atoms with Gasteiger partial charge in [0, 0.05) is 26.4 Å². The van der Waals surface area contributed by atoms with E-state index in [4.69, 9.17) is 15.2 Å². The van der Waals surface area contributed by atoms with Gasteiger partial charge in [0.1, 0.15) is 5.67 Å². The molecule has 4 heteroatoms. The Labute approximate surface area is 109 Å². The number of hydrogen-bond acceptors (Lipinski definition) is 3. The molecular formula is C14H26FNO2. The molecule has 0 radical (unpaired) electrons. The molecular weight excluding hydrogens is 233 g/mol. The van der Waals surface area contributed by atoms with Crippen molar-refractivity contribution in [3.63, 3.8) is 0 Å². The summed E-state index contributed by atoms with van der Waals surface area (Å²) in [6.45, 7) is 6.09. The molecule has 1 spiro atoms. The zero-order valence-corrected chi connectivity index (χ0v) is 11.6. The molecule has 18 heavy (non-hydrogen) atoms. The van der Waals surface area contributed by atoms with Gasteiger partial charge < -0.3 is 15.2 Å². The molecule has 2 atom stereocenters. The third-order valence-corrected chi connectivity index (χ3v) is 4.85. The van der Waals surface area contributed by atoms with Crippen LogP contribution in [-0.2, 0) is 9.47 Å². The summed E-state index contributed by atoms with van der Waals surface area (Å²) in [6, 6.07) is 0. The number of alkyl halides is 1. The highest BCUT2D eigenvalue weighted by molar-refractivity contribution is 4.98. The van der Waals surface area contributed by atoms with Crippen molar-refractivity contribution in [3.05, 3.63) is 0 Å². The lowest BCUT2D eigenvalue weighted by Gasteiger charge is -2.48. The van der Waals surface area contributed by atoms with Crippen molar-refractivity contribution in [2.45, 2.75) is 50.8 Å². The molecule has 0 amide bonds. The van der Waals surface area contributed by atoms with Crippen LogP contribution in [0.4, 0.5) is 4.39 Å². The summed E-state index contributed by atoms with van der Waals surface area (Å²) in [7, 11) is 0. The van der Waals surface area contributed by atoms with Crippen molar-refractivity contribution in [1.82, 2.24) is 0 Å². The fourth-order valence-electron chi connectivity index (χ4n) is 3.40. The summed E-state index contributed by atoms with van der Waals surface area (Å²) in [5.74, 6) is -0.0168. The van der Waals surface area contributed by atoms with E-state index in [1.165, 1.54) is 0 Å². The quantitative estimate of drug-likeness (QED) is 0.845. The zero-order valence-electron chi connectivity index (χ0n) is 11.6. The van der Waals surface area contributed by atoms with E-state index in [9.17, 15) is 0 Å². The Kier molecular flexibility index (Phi) is 4.29. The average Bonchev–Trinajstić information content (AvgIpc) is 2.38. The van der Waals surface area contributed by atoms with Crippen LogP contribution >= 0.6 is 0 Å². The highest BCUT2D eigenvalue weighted by Crippen LogP contribution is 2.44. The Bertz CT molecular complexity index is 273. The Hall–Kier alpha value is -0.190. The van der Waals surface area contributed by atoms with Crippen LogP contribution in [-0.4, -0.2) is 37.6 Å². The van der Waals surface area contributed by atoms with Crippen LogP contribution in [0.2, 0.25) is 0 Å². The lowest BCUT2D eigenvalue weighted by molar-refractivity contribution is -0.167. The van der Waals surface area contributed by atoms with E-state index in [0.717, 1.165) is 38.9 Å². The molecule has 106 valence electrons. The van der Waals surface area contributed by atoms with E-state index in [2.05, 4.69) is 0 Å². The normalized spacial score (nSPS) is 31.5. The second-order valence-electron chi connectivity index (χ2n) is 6.12. The van der Waals surface area contributed by atoms with Crippen molar-refractivity contribution < 1.29 is 13.9 Å². The Morgan fingerprint density at radius 1 is 1.33 bits per heavy atom. The first-order valence-electron chi connectivity index (χ1n) is 7.13. The average molecular weight is 259 g/mol. The van der Waals surface area contributed by atoms with Crippen LogP contribution in [0.25, 0.3) is 0 Å². The van der Waals surface area contributed by atoms with Crippen LogP contribution in [0.3, 0.4) is 0 Å². The maximum absolute atomic E-state index is 15.1. The van der Waals surface area contributed by atoms with Crippen molar-refractivity contribution >= 4 is 0 Å². The van der Waals surface area contributed by atoms with Gasteiger partial charge in [-0.15, -0.1) is 0 Å². The summed E-state index contributed by atoms with van der Waals surface area (Å²) < 4.78 is 26.4. The first kappa shape index (κ1) is 14.2. The molecule has 0 aliphatic carbocycles. The maximum Gasteiger partial charge on any atom is 0.128 e. The molecule has 0 aromatic heterocycles. The third kappa shape index (κ3) is 2.56. The Balaban J connectivity index is 2.10. The van der Waals surface area contributed by atoms with Gasteiger partial charge in [-0.1, -0.05) is 13.8 Å². The molecule has 3 nitrogen and oxygen atoms in total. The zero-order chi connectivity index (χ0) is 13.2. The van der Waals surface area contributed by atoms with Crippen LogP contribution in [0.5, 0.6) is 0 Å². The van der Waals surface area contributed by atoms with Crippen molar-refractivity contribution in [3.8, 4) is 0 Å². The van der Waals surface area contributed by atoms with E-state index in [1.807, 2.05) is 13.8 Å². The minimum absolute atomic E-state index is 0.0225. The summed E-state index contributed by atoms with van der Waals surface area (Å²) in [5, 5.41) is 0. The molecule has 2 saturated heterocycles. The second-order valence-corrected chi connectivity index (χ2v) is 6.12. The van der Waals surface area contributed by atoms with Crippen molar-refractivity contribution in [2.75, 3.05) is 26.4 Å². The first-order valence-corrected chi connectivity index (χ1v) is 7.13. The summed E-state index contributed by atoms with van der Waals surface area (Å²) in [6.07, 6.45) is 3.36. The van der Waals surface area contributed by atoms with Gasteiger partial charge in [-0.3, -0.25) is 0 Å². The lowest BCUT2D eigenvalue weighted by Crippen LogP contribution is -2.53. The van der Waals surface area contributed by atoms with Gasteiger partial charge in [-0.25, -0.2) is 4.39 Å². The predicted octanol–water partition coefficient (Wildman–Crippen LogP) is 2.29. The SMILES string of the molecule is CC(C)C(F)(CN)C1CCOC2(CCOCC2)C1. The molecule has 2 unspecified atom stereocenters. The van der Waals surface area contributed by atoms with E-state index in [1.54, 1.807) is 0 Å². The maximum atomic E-state index is 15.1. The molecule has 2 heterocycles. The van der Waals surface area contributed by atoms with Crippen molar-refractivity contribution in [1.29, 1.82) is 0 Å². The fourth-order valence-corrected chi connectivity index (χ4v) is 3.40. The van der Waals surface area contributed by atoms with Crippen LogP contribution < -0.4 is 5.73 Å². The van der Waals surface area contributed by atoms with Gasteiger partial charge in [0.15, 0.2) is 0 Å². The smallest absolute Gasteiger partial charge is 0.128 e. The van der Waals surface area contributed by atoms with Crippen LogP contribution in [0.15, 0.2) is 0 Å². The third-order valence-electron chi connectivity index (χ3n) is 4.85. The minimum atomic E-state index is -1.25. The van der Waals surface area contributed by atoms with Crippen LogP contribution in [0.1, 0.15) is 39.5 Å². The van der Waals surface area contributed by atoms with Crippen LogP contribution in [0, 0.1) is 11.8 Å². The number of rotatable bonds is 3. The number of ether oxygens (including phenoxy) is 2. The Morgan fingerprint density at radius 2 is 2.00 bits per heavy atom. The number of halogens is 1. The summed E-state index contributed by atoms with van der Waals surface area (Å²) in [5.41, 5.74) is 4.31. The van der Waals surface area contributed by atoms with Gasteiger partial charge in [-0.05, 0) is 37.5 Å². The minimum Gasteiger partial charge on any atom is -0.381 e. The van der Waals surface area contributed by atoms with E-state index in [0.29, 0.717) is 6.61 Å². The molecule has 2 aliphatic heterocycles. The molecule has 0 aromatic rings. The molecule has 2 rings (SSSR count). The van der Waals surface area contributed by atoms with E-state index in [-0.39, 0.29) is 24.0 Å².